The van der Waals surface area contributed by atoms with Gasteiger partial charge in [0.05, 0.1) is 29.6 Å². The number of nitro groups is 2. The van der Waals surface area contributed by atoms with Gasteiger partial charge in [0.25, 0.3) is 11.4 Å². The SMILES string of the molecule is CCCN(CC1OCCO1)c1c([N+](=O)[O-])cc(CCCCCCCl)cc1[N+](=O)[O-]. The molecule has 162 valence electrons. The second-order valence-corrected chi connectivity index (χ2v) is 7.35. The predicted molar refractivity (Wildman–Crippen MR) is 111 cm³/mol. The number of anilines is 1. The zero-order valence-electron chi connectivity index (χ0n) is 16.7. The van der Waals surface area contributed by atoms with Crippen molar-refractivity contribution in [2.75, 3.05) is 37.1 Å². The van der Waals surface area contributed by atoms with Crippen LogP contribution >= 0.6 is 11.6 Å². The summed E-state index contributed by atoms with van der Waals surface area (Å²) in [7, 11) is 0. The molecular weight excluding hydrogens is 402 g/mol. The Morgan fingerprint density at radius 2 is 1.66 bits per heavy atom. The van der Waals surface area contributed by atoms with Crippen molar-refractivity contribution < 1.29 is 19.3 Å². The predicted octanol–water partition coefficient (Wildman–Crippen LogP) is 4.43. The third-order valence-corrected chi connectivity index (χ3v) is 5.01. The summed E-state index contributed by atoms with van der Waals surface area (Å²) in [4.78, 5) is 24.1. The van der Waals surface area contributed by atoms with Gasteiger partial charge in [-0.2, -0.15) is 0 Å². The van der Waals surface area contributed by atoms with E-state index in [0.717, 1.165) is 25.7 Å². The standard InChI is InChI=1S/C19H28ClN3O6/c1-2-9-21(14-18-28-10-11-29-18)19-16(22(24)25)12-15(13-17(19)23(26)27)7-5-3-4-6-8-20/h12-13,18H,2-11,14H2,1H3. The van der Waals surface area contributed by atoms with Gasteiger partial charge in [-0.1, -0.05) is 19.8 Å². The molecule has 0 amide bonds. The van der Waals surface area contributed by atoms with Gasteiger partial charge in [0.2, 0.25) is 0 Å². The van der Waals surface area contributed by atoms with Gasteiger partial charge in [0.1, 0.15) is 0 Å². The van der Waals surface area contributed by atoms with Gasteiger partial charge in [-0.15, -0.1) is 11.6 Å². The molecule has 0 saturated carbocycles. The number of aryl methyl sites for hydroxylation is 1. The van der Waals surface area contributed by atoms with Crippen molar-refractivity contribution in [1.82, 2.24) is 0 Å². The highest BCUT2D eigenvalue weighted by Crippen LogP contribution is 2.39. The fraction of sp³-hybridized carbons (Fsp3) is 0.684. The lowest BCUT2D eigenvalue weighted by atomic mass is 10.0. The Morgan fingerprint density at radius 1 is 1.07 bits per heavy atom. The summed E-state index contributed by atoms with van der Waals surface area (Å²) in [5.74, 6) is 0.604. The number of ether oxygens (including phenoxy) is 2. The average Bonchev–Trinajstić information content (AvgIpc) is 3.20. The van der Waals surface area contributed by atoms with Crippen LogP contribution in [0.5, 0.6) is 0 Å². The number of unbranched alkanes of at least 4 members (excludes halogenated alkanes) is 3. The molecule has 1 aromatic carbocycles. The number of hydrogen-bond donors (Lipinski definition) is 0. The van der Waals surface area contributed by atoms with Crippen LogP contribution < -0.4 is 4.90 Å². The molecule has 0 aliphatic carbocycles. The first-order chi connectivity index (χ1) is 14.0. The molecule has 0 spiro atoms. The maximum Gasteiger partial charge on any atom is 0.299 e. The second-order valence-electron chi connectivity index (χ2n) is 6.97. The van der Waals surface area contributed by atoms with Crippen molar-refractivity contribution >= 4 is 28.7 Å². The van der Waals surface area contributed by atoms with Crippen LogP contribution in [-0.2, 0) is 15.9 Å². The highest BCUT2D eigenvalue weighted by atomic mass is 35.5. The average molecular weight is 430 g/mol. The Bertz CT molecular complexity index is 662. The molecule has 0 N–H and O–H groups in total. The molecule has 0 atom stereocenters. The van der Waals surface area contributed by atoms with Gasteiger partial charge in [0, 0.05) is 24.6 Å². The van der Waals surface area contributed by atoms with Crippen molar-refractivity contribution in [3.8, 4) is 0 Å². The topological polar surface area (TPSA) is 108 Å². The van der Waals surface area contributed by atoms with E-state index in [9.17, 15) is 20.2 Å². The molecule has 0 aromatic heterocycles. The number of alkyl halides is 1. The Kier molecular flexibility index (Phi) is 9.56. The van der Waals surface area contributed by atoms with E-state index in [1.807, 2.05) is 6.92 Å². The van der Waals surface area contributed by atoms with Crippen LogP contribution in [0.15, 0.2) is 12.1 Å². The summed E-state index contributed by atoms with van der Waals surface area (Å²) in [5, 5.41) is 23.6. The minimum absolute atomic E-state index is 0.0202. The zero-order chi connectivity index (χ0) is 21.2. The van der Waals surface area contributed by atoms with Gasteiger partial charge in [-0.25, -0.2) is 0 Å². The molecule has 0 unspecified atom stereocenters. The van der Waals surface area contributed by atoms with Crippen molar-refractivity contribution in [2.45, 2.75) is 51.7 Å². The monoisotopic (exact) mass is 429 g/mol. The van der Waals surface area contributed by atoms with Crippen molar-refractivity contribution in [3.05, 3.63) is 37.9 Å². The van der Waals surface area contributed by atoms with Crippen LogP contribution in [0.1, 0.15) is 44.6 Å². The van der Waals surface area contributed by atoms with E-state index in [1.54, 1.807) is 4.90 Å². The van der Waals surface area contributed by atoms with Crippen LogP contribution in [0.2, 0.25) is 0 Å². The number of hydrogen-bond acceptors (Lipinski definition) is 7. The Balaban J connectivity index is 2.34. The van der Waals surface area contributed by atoms with Crippen molar-refractivity contribution in [1.29, 1.82) is 0 Å². The van der Waals surface area contributed by atoms with E-state index in [2.05, 4.69) is 0 Å². The van der Waals surface area contributed by atoms with Gasteiger partial charge < -0.3 is 14.4 Å². The van der Waals surface area contributed by atoms with Crippen LogP contribution in [0.4, 0.5) is 17.1 Å². The molecule has 0 bridgehead atoms. The molecule has 9 nitrogen and oxygen atoms in total. The Morgan fingerprint density at radius 3 is 2.17 bits per heavy atom. The molecule has 1 aliphatic rings. The first kappa shape index (κ1) is 23.3. The summed E-state index contributed by atoms with van der Waals surface area (Å²) in [5.41, 5.74) is 0.123. The zero-order valence-corrected chi connectivity index (χ0v) is 17.4. The number of benzene rings is 1. The summed E-state index contributed by atoms with van der Waals surface area (Å²) >= 11 is 5.67. The number of nitrogens with zero attached hydrogens (tertiary/aromatic N) is 3. The lowest BCUT2D eigenvalue weighted by molar-refractivity contribution is -0.392. The molecule has 1 aliphatic heterocycles. The third-order valence-electron chi connectivity index (χ3n) is 4.74. The number of nitro benzene ring substituents is 2. The highest BCUT2D eigenvalue weighted by Gasteiger charge is 2.33. The highest BCUT2D eigenvalue weighted by molar-refractivity contribution is 6.17. The minimum atomic E-state index is -0.553. The molecule has 0 radical (unpaired) electrons. The molecule has 1 aromatic rings. The lowest BCUT2D eigenvalue weighted by Gasteiger charge is -2.26. The first-order valence-corrected chi connectivity index (χ1v) is 10.5. The summed E-state index contributed by atoms with van der Waals surface area (Å²) in [6.45, 7) is 3.42. The van der Waals surface area contributed by atoms with Gasteiger partial charge in [-0.05, 0) is 31.2 Å². The van der Waals surface area contributed by atoms with E-state index >= 15 is 0 Å². The largest absolute Gasteiger partial charge is 0.355 e. The second kappa shape index (κ2) is 11.9. The fourth-order valence-electron chi connectivity index (χ4n) is 3.44. The first-order valence-electron chi connectivity index (χ1n) is 9.97. The summed E-state index contributed by atoms with van der Waals surface area (Å²) < 4.78 is 10.9. The van der Waals surface area contributed by atoms with Crippen molar-refractivity contribution in [2.24, 2.45) is 0 Å². The summed E-state index contributed by atoms with van der Waals surface area (Å²) in [6.07, 6.45) is 4.27. The Labute approximate surface area is 175 Å². The fourth-order valence-corrected chi connectivity index (χ4v) is 3.63. The van der Waals surface area contributed by atoms with Gasteiger partial charge in [-0.3, -0.25) is 20.2 Å². The number of halogens is 1. The van der Waals surface area contributed by atoms with Crippen molar-refractivity contribution in [3.63, 3.8) is 0 Å². The lowest BCUT2D eigenvalue weighted by Crippen LogP contribution is -2.34. The van der Waals surface area contributed by atoms with E-state index in [4.69, 9.17) is 21.1 Å². The van der Waals surface area contributed by atoms with E-state index < -0.39 is 16.1 Å². The molecule has 1 saturated heterocycles. The molecule has 10 heteroatoms. The van der Waals surface area contributed by atoms with Crippen LogP contribution in [0.25, 0.3) is 0 Å². The Hall–Kier alpha value is -1.97. The van der Waals surface area contributed by atoms with Gasteiger partial charge in [0.15, 0.2) is 12.0 Å². The molecular formula is C19H28ClN3O6. The van der Waals surface area contributed by atoms with Crippen LogP contribution in [-0.4, -0.2) is 48.3 Å². The maximum atomic E-state index is 11.8. The summed E-state index contributed by atoms with van der Waals surface area (Å²) in [6, 6.07) is 2.92. The normalized spacial score (nSPS) is 14.3. The molecule has 1 fully saturated rings. The van der Waals surface area contributed by atoms with Crippen LogP contribution in [0, 0.1) is 20.2 Å². The molecule has 29 heavy (non-hydrogen) atoms. The quantitative estimate of drug-likeness (QED) is 0.197. The van der Waals surface area contributed by atoms with E-state index in [0.29, 0.717) is 44.0 Å². The van der Waals surface area contributed by atoms with E-state index in [1.165, 1.54) is 12.1 Å². The third kappa shape index (κ3) is 6.80. The smallest absolute Gasteiger partial charge is 0.299 e. The minimum Gasteiger partial charge on any atom is -0.355 e. The molecule has 1 heterocycles. The van der Waals surface area contributed by atoms with Gasteiger partial charge >= 0.3 is 0 Å². The molecule has 2 rings (SSSR count). The maximum absolute atomic E-state index is 11.8. The van der Waals surface area contributed by atoms with Crippen LogP contribution in [0.3, 0.4) is 0 Å². The van der Waals surface area contributed by atoms with E-state index in [-0.39, 0.29) is 23.6 Å². The number of rotatable bonds is 13.